The van der Waals surface area contributed by atoms with E-state index in [1.165, 1.54) is 0 Å². The first-order chi connectivity index (χ1) is 9.78. The molecule has 0 atom stereocenters. The molecule has 0 aliphatic rings. The Bertz CT molecular complexity index is 599. The van der Waals surface area contributed by atoms with Crippen LogP contribution < -0.4 is 15.5 Å². The number of ether oxygens (including phenoxy) is 1. The molecule has 0 amide bonds. The first kappa shape index (κ1) is 14.0. The van der Waals surface area contributed by atoms with E-state index in [1.807, 2.05) is 54.6 Å². The molecule has 2 rings (SSSR count). The van der Waals surface area contributed by atoms with Crippen molar-refractivity contribution in [2.45, 2.75) is 0 Å². The summed E-state index contributed by atoms with van der Waals surface area (Å²) in [7, 11) is 1.74. The maximum atomic E-state index is 5.75. The van der Waals surface area contributed by atoms with Gasteiger partial charge in [0.25, 0.3) is 0 Å². The summed E-state index contributed by atoms with van der Waals surface area (Å²) in [6.07, 6.45) is 1.68. The minimum Gasteiger partial charge on any atom is -0.457 e. The minimum absolute atomic E-state index is 0.470. The highest BCUT2D eigenvalue weighted by atomic mass is 32.1. The highest BCUT2D eigenvalue weighted by Crippen LogP contribution is 2.21. The zero-order valence-corrected chi connectivity index (χ0v) is 11.9. The van der Waals surface area contributed by atoms with Crippen LogP contribution >= 0.6 is 12.2 Å². The average Bonchev–Trinajstić information content (AvgIpc) is 2.48. The second-order valence-electron chi connectivity index (χ2n) is 3.94. The van der Waals surface area contributed by atoms with Crippen molar-refractivity contribution < 1.29 is 4.74 Å². The van der Waals surface area contributed by atoms with Gasteiger partial charge >= 0.3 is 0 Å². The Hall–Kier alpha value is -2.40. The zero-order valence-electron chi connectivity index (χ0n) is 11.0. The molecule has 0 saturated carbocycles. The molecule has 20 heavy (non-hydrogen) atoms. The minimum atomic E-state index is 0.470. The quantitative estimate of drug-likeness (QED) is 0.515. The Morgan fingerprint density at radius 3 is 2.60 bits per heavy atom. The summed E-state index contributed by atoms with van der Waals surface area (Å²) in [5.74, 6) is 1.56. The van der Waals surface area contributed by atoms with Gasteiger partial charge in [-0.25, -0.2) is 0 Å². The van der Waals surface area contributed by atoms with Crippen LogP contribution in [0.5, 0.6) is 11.5 Å². The van der Waals surface area contributed by atoms with E-state index < -0.39 is 0 Å². The number of benzene rings is 2. The molecule has 0 unspecified atom stereocenters. The molecule has 0 saturated heterocycles. The fourth-order valence-corrected chi connectivity index (χ4v) is 1.56. The third-order valence-corrected chi connectivity index (χ3v) is 2.74. The molecular weight excluding hydrogens is 270 g/mol. The molecule has 2 N–H and O–H groups in total. The third-order valence-electron chi connectivity index (χ3n) is 2.44. The topological polar surface area (TPSA) is 45.7 Å². The summed E-state index contributed by atoms with van der Waals surface area (Å²) >= 11 is 4.92. The van der Waals surface area contributed by atoms with E-state index in [0.29, 0.717) is 5.11 Å². The van der Waals surface area contributed by atoms with Gasteiger partial charge in [-0.1, -0.05) is 30.3 Å². The lowest BCUT2D eigenvalue weighted by atomic mass is 10.2. The van der Waals surface area contributed by atoms with E-state index in [0.717, 1.165) is 17.1 Å². The number of thiocarbonyl (C=S) groups is 1. The Balaban J connectivity index is 2.03. The molecule has 0 fully saturated rings. The van der Waals surface area contributed by atoms with Crippen LogP contribution in [0, 0.1) is 0 Å². The predicted octanol–water partition coefficient (Wildman–Crippen LogP) is 2.91. The normalized spacial score (nSPS) is 10.2. The first-order valence-corrected chi connectivity index (χ1v) is 6.52. The van der Waals surface area contributed by atoms with Crippen LogP contribution in [0.2, 0.25) is 0 Å². The van der Waals surface area contributed by atoms with Gasteiger partial charge in [0.05, 0.1) is 6.21 Å². The average molecular weight is 285 g/mol. The van der Waals surface area contributed by atoms with Crippen molar-refractivity contribution in [1.29, 1.82) is 0 Å². The van der Waals surface area contributed by atoms with Gasteiger partial charge in [-0.2, -0.15) is 5.10 Å². The second-order valence-corrected chi connectivity index (χ2v) is 4.34. The standard InChI is InChI=1S/C15H15N3OS/c1-16-15(20)18-17-11-12-6-5-9-14(10-12)19-13-7-3-2-4-8-13/h2-11H,1H3,(H2,16,18,20)/b17-11-. The Morgan fingerprint density at radius 2 is 1.85 bits per heavy atom. The zero-order chi connectivity index (χ0) is 14.2. The van der Waals surface area contributed by atoms with Crippen molar-refractivity contribution in [3.63, 3.8) is 0 Å². The Kier molecular flexibility index (Phi) is 5.08. The fraction of sp³-hybridized carbons (Fsp3) is 0.0667. The number of para-hydroxylation sites is 1. The SMILES string of the molecule is CNC(=S)N/N=C\c1cccc(Oc2ccccc2)c1. The second kappa shape index (κ2) is 7.25. The van der Waals surface area contributed by atoms with Gasteiger partial charge < -0.3 is 10.1 Å². The molecule has 0 bridgehead atoms. The predicted molar refractivity (Wildman–Crippen MR) is 85.3 cm³/mol. The Labute approximate surface area is 123 Å². The summed E-state index contributed by atoms with van der Waals surface area (Å²) in [4.78, 5) is 0. The molecule has 0 aliphatic heterocycles. The summed E-state index contributed by atoms with van der Waals surface area (Å²) in [5, 5.41) is 7.27. The molecule has 0 spiro atoms. The van der Waals surface area contributed by atoms with Crippen LogP contribution in [0.4, 0.5) is 0 Å². The molecule has 102 valence electrons. The maximum absolute atomic E-state index is 5.75. The number of nitrogens with zero attached hydrogens (tertiary/aromatic N) is 1. The summed E-state index contributed by atoms with van der Waals surface area (Å²) in [5.41, 5.74) is 3.62. The van der Waals surface area contributed by atoms with Crippen LogP contribution in [0.3, 0.4) is 0 Å². The number of hydrogen-bond donors (Lipinski definition) is 2. The molecule has 4 nitrogen and oxygen atoms in total. The summed E-state index contributed by atoms with van der Waals surface area (Å²) in [6, 6.07) is 17.3. The van der Waals surface area contributed by atoms with E-state index in [2.05, 4.69) is 15.8 Å². The number of nitrogens with one attached hydrogen (secondary N) is 2. The van der Waals surface area contributed by atoms with E-state index in [-0.39, 0.29) is 0 Å². The van der Waals surface area contributed by atoms with Gasteiger partial charge in [0, 0.05) is 7.05 Å². The van der Waals surface area contributed by atoms with Crippen LogP contribution in [0.1, 0.15) is 5.56 Å². The van der Waals surface area contributed by atoms with Crippen LogP contribution in [-0.2, 0) is 0 Å². The van der Waals surface area contributed by atoms with Gasteiger partial charge in [0.1, 0.15) is 11.5 Å². The monoisotopic (exact) mass is 285 g/mol. The van der Waals surface area contributed by atoms with Crippen molar-refractivity contribution in [2.24, 2.45) is 5.10 Å². The molecule has 0 radical (unpaired) electrons. The van der Waals surface area contributed by atoms with E-state index in [1.54, 1.807) is 13.3 Å². The van der Waals surface area contributed by atoms with Crippen LogP contribution in [-0.4, -0.2) is 18.4 Å². The first-order valence-electron chi connectivity index (χ1n) is 6.11. The van der Waals surface area contributed by atoms with Gasteiger partial charge in [-0.15, -0.1) is 0 Å². The van der Waals surface area contributed by atoms with Crippen molar-refractivity contribution >= 4 is 23.5 Å². The number of rotatable bonds is 4. The van der Waals surface area contributed by atoms with Crippen molar-refractivity contribution in [1.82, 2.24) is 10.7 Å². The van der Waals surface area contributed by atoms with Crippen LogP contribution in [0.25, 0.3) is 0 Å². The molecule has 2 aromatic rings. The number of hydrogen-bond acceptors (Lipinski definition) is 3. The van der Waals surface area contributed by atoms with E-state index in [4.69, 9.17) is 17.0 Å². The maximum Gasteiger partial charge on any atom is 0.186 e. The highest BCUT2D eigenvalue weighted by molar-refractivity contribution is 7.80. The lowest BCUT2D eigenvalue weighted by Gasteiger charge is -2.05. The van der Waals surface area contributed by atoms with Crippen molar-refractivity contribution in [3.05, 3.63) is 60.2 Å². The van der Waals surface area contributed by atoms with Crippen molar-refractivity contribution in [3.8, 4) is 11.5 Å². The summed E-state index contributed by atoms with van der Waals surface area (Å²) < 4.78 is 5.75. The summed E-state index contributed by atoms with van der Waals surface area (Å²) in [6.45, 7) is 0. The highest BCUT2D eigenvalue weighted by Gasteiger charge is 1.97. The van der Waals surface area contributed by atoms with E-state index >= 15 is 0 Å². The van der Waals surface area contributed by atoms with Gasteiger partial charge in [0.15, 0.2) is 5.11 Å². The molecule has 0 aliphatic carbocycles. The molecule has 2 aromatic carbocycles. The van der Waals surface area contributed by atoms with E-state index in [9.17, 15) is 0 Å². The number of hydrazone groups is 1. The Morgan fingerprint density at radius 1 is 1.10 bits per heavy atom. The van der Waals surface area contributed by atoms with Crippen molar-refractivity contribution in [2.75, 3.05) is 7.05 Å². The molecule has 0 aromatic heterocycles. The third kappa shape index (κ3) is 4.37. The lowest BCUT2D eigenvalue weighted by molar-refractivity contribution is 0.482. The molecule has 0 heterocycles. The fourth-order valence-electron chi connectivity index (χ4n) is 1.50. The molecule has 5 heteroatoms. The van der Waals surface area contributed by atoms with Gasteiger partial charge in [-0.3, -0.25) is 5.43 Å². The van der Waals surface area contributed by atoms with Gasteiger partial charge in [0.2, 0.25) is 0 Å². The largest absolute Gasteiger partial charge is 0.457 e. The smallest absolute Gasteiger partial charge is 0.186 e. The van der Waals surface area contributed by atoms with Crippen LogP contribution in [0.15, 0.2) is 59.7 Å². The molecular formula is C15H15N3OS. The van der Waals surface area contributed by atoms with Gasteiger partial charge in [-0.05, 0) is 42.0 Å². The lowest BCUT2D eigenvalue weighted by Crippen LogP contribution is -2.28.